The van der Waals surface area contributed by atoms with Gasteiger partial charge in [0.1, 0.15) is 11.6 Å². The van der Waals surface area contributed by atoms with Crippen molar-refractivity contribution in [3.05, 3.63) is 57.6 Å². The zero-order valence-corrected chi connectivity index (χ0v) is 14.9. The van der Waals surface area contributed by atoms with Crippen LogP contribution in [0.5, 0.6) is 0 Å². The van der Waals surface area contributed by atoms with E-state index in [9.17, 15) is 43.5 Å². The first kappa shape index (κ1) is 21.4. The van der Waals surface area contributed by atoms with Crippen LogP contribution in [0.3, 0.4) is 0 Å². The van der Waals surface area contributed by atoms with Crippen LogP contribution >= 0.6 is 15.9 Å². The van der Waals surface area contributed by atoms with Gasteiger partial charge in [-0.25, -0.2) is 17.2 Å². The predicted molar refractivity (Wildman–Crippen MR) is 81.3 cm³/mol. The summed E-state index contributed by atoms with van der Waals surface area (Å²) in [6.07, 6.45) is -10.6. The van der Waals surface area contributed by atoms with Gasteiger partial charge in [-0.05, 0) is 40.2 Å². The third-order valence-corrected chi connectivity index (χ3v) is 5.08. The molecule has 0 fully saturated rings. The summed E-state index contributed by atoms with van der Waals surface area (Å²) < 4.78 is 129. The summed E-state index contributed by atoms with van der Waals surface area (Å²) in [5.74, 6) is -2.43. The summed E-state index contributed by atoms with van der Waals surface area (Å²) in [4.78, 5) is -1.42. The molecular weight excluding hydrogens is 478 g/mol. The van der Waals surface area contributed by atoms with Gasteiger partial charge in [0.25, 0.3) is 10.0 Å². The fraction of sp³-hybridized carbons (Fsp3) is 0.143. The van der Waals surface area contributed by atoms with Crippen LogP contribution in [-0.2, 0) is 22.4 Å². The zero-order chi connectivity index (χ0) is 20.8. The largest absolute Gasteiger partial charge is 0.416 e. The molecule has 0 amide bonds. The number of alkyl halides is 6. The molecule has 148 valence electrons. The number of nitrogens with one attached hydrogen (secondary N) is 1. The van der Waals surface area contributed by atoms with Crippen LogP contribution in [0.25, 0.3) is 0 Å². The van der Waals surface area contributed by atoms with E-state index < -0.39 is 55.7 Å². The highest BCUT2D eigenvalue weighted by Gasteiger charge is 2.38. The summed E-state index contributed by atoms with van der Waals surface area (Å²) in [5, 5.41) is 0. The molecule has 2 rings (SSSR count). The van der Waals surface area contributed by atoms with Gasteiger partial charge < -0.3 is 0 Å². The number of halogens is 9. The first-order valence-electron chi connectivity index (χ1n) is 6.58. The van der Waals surface area contributed by atoms with Crippen LogP contribution in [0, 0.1) is 11.6 Å². The van der Waals surface area contributed by atoms with E-state index in [0.29, 0.717) is 12.1 Å². The first-order chi connectivity index (χ1) is 12.1. The Hall–Kier alpha value is -1.89. The maximum Gasteiger partial charge on any atom is 0.416 e. The Morgan fingerprint density at radius 2 is 1.26 bits per heavy atom. The van der Waals surface area contributed by atoms with Crippen molar-refractivity contribution in [3.8, 4) is 0 Å². The minimum Gasteiger partial charge on any atom is -0.277 e. The van der Waals surface area contributed by atoms with E-state index in [1.165, 1.54) is 4.72 Å². The van der Waals surface area contributed by atoms with Gasteiger partial charge in [-0.1, -0.05) is 0 Å². The normalized spacial score (nSPS) is 12.9. The van der Waals surface area contributed by atoms with Crippen molar-refractivity contribution in [2.24, 2.45) is 0 Å². The summed E-state index contributed by atoms with van der Waals surface area (Å²) in [7, 11) is -5.10. The lowest BCUT2D eigenvalue weighted by Gasteiger charge is -2.15. The smallest absolute Gasteiger partial charge is 0.277 e. The van der Waals surface area contributed by atoms with Crippen molar-refractivity contribution in [2.45, 2.75) is 17.2 Å². The highest BCUT2D eigenvalue weighted by molar-refractivity contribution is 9.10. The molecule has 0 aliphatic rings. The monoisotopic (exact) mass is 483 g/mol. The molecule has 0 aromatic heterocycles. The topological polar surface area (TPSA) is 46.2 Å². The number of sulfonamides is 1. The third-order valence-electron chi connectivity index (χ3n) is 3.13. The van der Waals surface area contributed by atoms with Gasteiger partial charge in [0.2, 0.25) is 0 Å². The number of benzene rings is 2. The van der Waals surface area contributed by atoms with Gasteiger partial charge in [0, 0.05) is 6.07 Å². The number of anilines is 1. The molecular formula is C14H6BrF8NO2S. The Balaban J connectivity index is 2.60. The van der Waals surface area contributed by atoms with E-state index in [1.54, 1.807) is 0 Å². The van der Waals surface area contributed by atoms with Crippen molar-refractivity contribution >= 4 is 31.6 Å². The fourth-order valence-electron chi connectivity index (χ4n) is 1.89. The minimum absolute atomic E-state index is 0.0509. The van der Waals surface area contributed by atoms with E-state index in [0.717, 1.165) is 0 Å². The lowest BCUT2D eigenvalue weighted by Crippen LogP contribution is -2.18. The highest BCUT2D eigenvalue weighted by Crippen LogP contribution is 2.37. The third kappa shape index (κ3) is 4.89. The van der Waals surface area contributed by atoms with Crippen molar-refractivity contribution in [1.82, 2.24) is 0 Å². The molecule has 0 aliphatic carbocycles. The van der Waals surface area contributed by atoms with Gasteiger partial charge in [-0.15, -0.1) is 0 Å². The zero-order valence-electron chi connectivity index (χ0n) is 12.5. The minimum atomic E-state index is -5.28. The average Bonchev–Trinajstić information content (AvgIpc) is 2.50. The number of hydrogen-bond donors (Lipinski definition) is 1. The molecule has 27 heavy (non-hydrogen) atoms. The Labute approximate surface area is 155 Å². The van der Waals surface area contributed by atoms with Crippen LogP contribution in [0.15, 0.2) is 39.7 Å². The van der Waals surface area contributed by atoms with Crippen LogP contribution in [0.4, 0.5) is 40.8 Å². The Bertz CT molecular complexity index is 954. The maximum absolute atomic E-state index is 13.7. The first-order valence-corrected chi connectivity index (χ1v) is 8.86. The summed E-state index contributed by atoms with van der Waals surface area (Å²) >= 11 is 2.63. The van der Waals surface area contributed by atoms with Crippen molar-refractivity contribution < 1.29 is 43.5 Å². The average molecular weight is 484 g/mol. The molecule has 0 heterocycles. The molecule has 1 N–H and O–H groups in total. The van der Waals surface area contributed by atoms with Gasteiger partial charge >= 0.3 is 12.4 Å². The lowest BCUT2D eigenvalue weighted by atomic mass is 10.1. The molecule has 0 saturated heterocycles. The second-order valence-corrected chi connectivity index (χ2v) is 7.63. The molecule has 13 heteroatoms. The number of hydrogen-bond acceptors (Lipinski definition) is 2. The molecule has 2 aromatic rings. The molecule has 0 aliphatic heterocycles. The molecule has 0 unspecified atom stereocenters. The number of rotatable bonds is 3. The fourth-order valence-corrected chi connectivity index (χ4v) is 3.33. The van der Waals surface area contributed by atoms with Crippen LogP contribution in [-0.4, -0.2) is 8.42 Å². The van der Waals surface area contributed by atoms with E-state index >= 15 is 0 Å². The maximum atomic E-state index is 13.7. The Kier molecular flexibility index (Phi) is 5.49. The summed E-state index contributed by atoms with van der Waals surface area (Å²) in [6, 6.07) is 0.532. The van der Waals surface area contributed by atoms with Crippen LogP contribution in [0.1, 0.15) is 11.1 Å². The molecule has 0 radical (unpaired) electrons. The van der Waals surface area contributed by atoms with Gasteiger partial charge in [0.05, 0.1) is 26.2 Å². The van der Waals surface area contributed by atoms with E-state index in [-0.39, 0.29) is 22.7 Å². The van der Waals surface area contributed by atoms with Crippen molar-refractivity contribution in [1.29, 1.82) is 0 Å². The highest BCUT2D eigenvalue weighted by atomic mass is 79.9. The van der Waals surface area contributed by atoms with Crippen molar-refractivity contribution in [3.63, 3.8) is 0 Å². The summed E-state index contributed by atoms with van der Waals surface area (Å²) in [5.41, 5.74) is -4.75. The molecule has 0 spiro atoms. The van der Waals surface area contributed by atoms with E-state index in [4.69, 9.17) is 0 Å². The molecule has 3 nitrogen and oxygen atoms in total. The molecule has 2 aromatic carbocycles. The lowest BCUT2D eigenvalue weighted by molar-refractivity contribution is -0.143. The second kappa shape index (κ2) is 6.93. The second-order valence-electron chi connectivity index (χ2n) is 5.09. The standard InChI is InChI=1S/C14H6BrF8NO2S/c15-9-4-11(17)12(5-10(9)16)24-27(25,26)8-2-6(13(18,19)20)1-7(3-8)14(21,22)23/h1-5,24H. The van der Waals surface area contributed by atoms with Gasteiger partial charge in [-0.3, -0.25) is 4.72 Å². The van der Waals surface area contributed by atoms with E-state index in [2.05, 4.69) is 15.9 Å². The Morgan fingerprint density at radius 1 is 0.778 bits per heavy atom. The van der Waals surface area contributed by atoms with Crippen LogP contribution in [0.2, 0.25) is 0 Å². The van der Waals surface area contributed by atoms with Gasteiger partial charge in [0.15, 0.2) is 0 Å². The molecule has 0 saturated carbocycles. The quantitative estimate of drug-likeness (QED) is 0.458. The van der Waals surface area contributed by atoms with Crippen molar-refractivity contribution in [2.75, 3.05) is 4.72 Å². The predicted octanol–water partition coefficient (Wildman–Crippen LogP) is 5.57. The van der Waals surface area contributed by atoms with Crippen LogP contribution < -0.4 is 4.72 Å². The molecule has 0 bridgehead atoms. The Morgan fingerprint density at radius 3 is 1.70 bits per heavy atom. The molecule has 0 atom stereocenters. The van der Waals surface area contributed by atoms with E-state index in [1.807, 2.05) is 0 Å². The SMILES string of the molecule is O=S(=O)(Nc1cc(F)c(Br)cc1F)c1cc(C(F)(F)F)cc(C(F)(F)F)c1. The van der Waals surface area contributed by atoms with Gasteiger partial charge in [-0.2, -0.15) is 26.3 Å². The summed E-state index contributed by atoms with van der Waals surface area (Å²) in [6.45, 7) is 0.